The highest BCUT2D eigenvalue weighted by Crippen LogP contribution is 2.32. The van der Waals surface area contributed by atoms with E-state index in [0.717, 1.165) is 23.2 Å². The van der Waals surface area contributed by atoms with Crippen molar-refractivity contribution in [3.8, 4) is 5.75 Å². The van der Waals surface area contributed by atoms with Crippen LogP contribution < -0.4 is 10.1 Å². The molecule has 0 atom stereocenters. The van der Waals surface area contributed by atoms with Gasteiger partial charge in [0.15, 0.2) is 12.4 Å². The van der Waals surface area contributed by atoms with Crippen molar-refractivity contribution in [3.05, 3.63) is 57.6 Å². The number of rotatable bonds is 5. The topological polar surface area (TPSA) is 38.3 Å². The first-order valence-electron chi connectivity index (χ1n) is 6.98. The van der Waals surface area contributed by atoms with Gasteiger partial charge in [-0.1, -0.05) is 54.4 Å². The summed E-state index contributed by atoms with van der Waals surface area (Å²) in [6.45, 7) is 3.85. The number of para-hydroxylation sites is 2. The summed E-state index contributed by atoms with van der Waals surface area (Å²) < 4.78 is 5.44. The van der Waals surface area contributed by atoms with Gasteiger partial charge in [-0.2, -0.15) is 0 Å². The Morgan fingerprint density at radius 3 is 2.41 bits per heavy atom. The van der Waals surface area contributed by atoms with E-state index in [1.165, 1.54) is 0 Å². The fourth-order valence-corrected chi connectivity index (χ4v) is 2.64. The van der Waals surface area contributed by atoms with E-state index in [9.17, 15) is 4.79 Å². The smallest absolute Gasteiger partial charge is 0.262 e. The van der Waals surface area contributed by atoms with E-state index in [2.05, 4.69) is 5.32 Å². The second kappa shape index (κ2) is 7.52. The summed E-state index contributed by atoms with van der Waals surface area (Å²) in [5, 5.41) is 3.65. The van der Waals surface area contributed by atoms with Crippen LogP contribution in [0, 0.1) is 6.92 Å². The van der Waals surface area contributed by atoms with Crippen LogP contribution in [-0.4, -0.2) is 12.5 Å². The number of amides is 1. The highest BCUT2D eigenvalue weighted by atomic mass is 35.5. The van der Waals surface area contributed by atoms with E-state index in [-0.39, 0.29) is 12.5 Å². The summed E-state index contributed by atoms with van der Waals surface area (Å²) in [5.74, 6) is 0.0708. The largest absolute Gasteiger partial charge is 0.481 e. The number of carbonyl (C=O) groups is 1. The molecule has 1 N–H and O–H groups in total. The summed E-state index contributed by atoms with van der Waals surface area (Å²) >= 11 is 12.0. The van der Waals surface area contributed by atoms with Crippen molar-refractivity contribution in [2.45, 2.75) is 20.3 Å². The summed E-state index contributed by atoms with van der Waals surface area (Å²) in [6.07, 6.45) is 0.842. The molecule has 0 aromatic heterocycles. The van der Waals surface area contributed by atoms with Crippen molar-refractivity contribution in [1.29, 1.82) is 0 Å². The third kappa shape index (κ3) is 3.93. The fourth-order valence-electron chi connectivity index (χ4n) is 2.14. The maximum Gasteiger partial charge on any atom is 0.262 e. The molecule has 0 saturated carbocycles. The average Bonchev–Trinajstić information content (AvgIpc) is 2.49. The predicted molar refractivity (Wildman–Crippen MR) is 91.1 cm³/mol. The maximum atomic E-state index is 12.1. The number of anilines is 1. The van der Waals surface area contributed by atoms with Crippen LogP contribution in [0.3, 0.4) is 0 Å². The van der Waals surface area contributed by atoms with Crippen LogP contribution in [0.5, 0.6) is 5.75 Å². The quantitative estimate of drug-likeness (QED) is 0.844. The Bertz CT molecular complexity index is 666. The Hall–Kier alpha value is -1.71. The van der Waals surface area contributed by atoms with Crippen molar-refractivity contribution in [2.75, 3.05) is 11.9 Å². The minimum Gasteiger partial charge on any atom is -0.481 e. The molecule has 0 aliphatic rings. The van der Waals surface area contributed by atoms with Crippen molar-refractivity contribution in [3.63, 3.8) is 0 Å². The first kappa shape index (κ1) is 16.7. The number of ether oxygens (including phenoxy) is 1. The Labute approximate surface area is 140 Å². The van der Waals surface area contributed by atoms with Gasteiger partial charge >= 0.3 is 0 Å². The van der Waals surface area contributed by atoms with Crippen LogP contribution in [0.15, 0.2) is 36.4 Å². The molecule has 2 aromatic rings. The molecule has 2 rings (SSSR count). The molecule has 0 aliphatic heterocycles. The lowest BCUT2D eigenvalue weighted by molar-refractivity contribution is -0.118. The molecule has 0 radical (unpaired) electrons. The SMILES string of the molecule is CCc1cccc(C)c1NC(=O)COc1c(Cl)cccc1Cl. The highest BCUT2D eigenvalue weighted by Gasteiger charge is 2.12. The lowest BCUT2D eigenvalue weighted by atomic mass is 10.1. The van der Waals surface area contributed by atoms with E-state index < -0.39 is 0 Å². The molecule has 5 heteroatoms. The number of hydrogen-bond acceptors (Lipinski definition) is 2. The Balaban J connectivity index is 2.05. The van der Waals surface area contributed by atoms with Crippen molar-refractivity contribution in [2.24, 2.45) is 0 Å². The van der Waals surface area contributed by atoms with Crippen LogP contribution in [0.25, 0.3) is 0 Å². The number of benzene rings is 2. The summed E-state index contributed by atoms with van der Waals surface area (Å²) in [6, 6.07) is 11.0. The van der Waals surface area contributed by atoms with Crippen LogP contribution in [0.2, 0.25) is 10.0 Å². The molecule has 0 fully saturated rings. The molecule has 1 amide bonds. The molecule has 116 valence electrons. The van der Waals surface area contributed by atoms with E-state index in [4.69, 9.17) is 27.9 Å². The number of nitrogens with one attached hydrogen (secondary N) is 1. The van der Waals surface area contributed by atoms with Gasteiger partial charge in [-0.05, 0) is 36.6 Å². The van der Waals surface area contributed by atoms with Crippen LogP contribution in [-0.2, 0) is 11.2 Å². The van der Waals surface area contributed by atoms with Gasteiger partial charge in [0.05, 0.1) is 10.0 Å². The molecule has 2 aromatic carbocycles. The van der Waals surface area contributed by atoms with E-state index in [1.54, 1.807) is 18.2 Å². The summed E-state index contributed by atoms with van der Waals surface area (Å²) in [5.41, 5.74) is 2.94. The first-order chi connectivity index (χ1) is 10.5. The molecule has 0 unspecified atom stereocenters. The van der Waals surface area contributed by atoms with Gasteiger partial charge in [0.2, 0.25) is 0 Å². The molecule has 0 heterocycles. The van der Waals surface area contributed by atoms with Gasteiger partial charge in [-0.25, -0.2) is 0 Å². The van der Waals surface area contributed by atoms with Gasteiger partial charge in [0, 0.05) is 5.69 Å². The van der Waals surface area contributed by atoms with Crippen LogP contribution in [0.4, 0.5) is 5.69 Å². The van der Waals surface area contributed by atoms with E-state index in [1.807, 2.05) is 32.0 Å². The second-order valence-electron chi connectivity index (χ2n) is 4.85. The zero-order valence-electron chi connectivity index (χ0n) is 12.5. The van der Waals surface area contributed by atoms with Crippen molar-refractivity contribution >= 4 is 34.8 Å². The standard InChI is InChI=1S/C17H17Cl2NO2/c1-3-12-7-4-6-11(2)16(12)20-15(21)10-22-17-13(18)8-5-9-14(17)19/h4-9H,3,10H2,1-2H3,(H,20,21). The van der Waals surface area contributed by atoms with Gasteiger partial charge < -0.3 is 10.1 Å². The van der Waals surface area contributed by atoms with Gasteiger partial charge in [0.25, 0.3) is 5.91 Å². The minimum absolute atomic E-state index is 0.152. The van der Waals surface area contributed by atoms with Gasteiger partial charge in [-0.15, -0.1) is 0 Å². The third-order valence-corrected chi connectivity index (χ3v) is 3.87. The number of carbonyl (C=O) groups excluding carboxylic acids is 1. The molecule has 0 saturated heterocycles. The lowest BCUT2D eigenvalue weighted by Gasteiger charge is -2.14. The number of aryl methyl sites for hydroxylation is 2. The van der Waals surface area contributed by atoms with Gasteiger partial charge in [-0.3, -0.25) is 4.79 Å². The van der Waals surface area contributed by atoms with Crippen molar-refractivity contribution in [1.82, 2.24) is 0 Å². The van der Waals surface area contributed by atoms with E-state index in [0.29, 0.717) is 15.8 Å². The molecular formula is C17H17Cl2NO2. The van der Waals surface area contributed by atoms with Crippen molar-refractivity contribution < 1.29 is 9.53 Å². The summed E-state index contributed by atoms with van der Waals surface area (Å²) in [4.78, 5) is 12.1. The molecule has 0 spiro atoms. The van der Waals surface area contributed by atoms with Crippen LogP contribution in [0.1, 0.15) is 18.1 Å². The van der Waals surface area contributed by atoms with Crippen LogP contribution >= 0.6 is 23.2 Å². The molecule has 22 heavy (non-hydrogen) atoms. The normalized spacial score (nSPS) is 10.4. The zero-order valence-corrected chi connectivity index (χ0v) is 14.0. The Morgan fingerprint density at radius 1 is 1.14 bits per heavy atom. The average molecular weight is 338 g/mol. The van der Waals surface area contributed by atoms with Gasteiger partial charge in [0.1, 0.15) is 0 Å². The molecule has 0 aliphatic carbocycles. The molecule has 3 nitrogen and oxygen atoms in total. The number of hydrogen-bond donors (Lipinski definition) is 1. The number of halogens is 2. The lowest BCUT2D eigenvalue weighted by Crippen LogP contribution is -2.21. The molecule has 0 bridgehead atoms. The Kier molecular flexibility index (Phi) is 5.69. The highest BCUT2D eigenvalue weighted by molar-refractivity contribution is 6.37. The first-order valence-corrected chi connectivity index (χ1v) is 7.73. The molecular weight excluding hydrogens is 321 g/mol. The van der Waals surface area contributed by atoms with E-state index >= 15 is 0 Å². The maximum absolute atomic E-state index is 12.1. The minimum atomic E-state index is -0.250. The predicted octanol–water partition coefficient (Wildman–Crippen LogP) is 4.88. The Morgan fingerprint density at radius 2 is 1.77 bits per heavy atom. The monoisotopic (exact) mass is 337 g/mol. The summed E-state index contributed by atoms with van der Waals surface area (Å²) in [7, 11) is 0. The second-order valence-corrected chi connectivity index (χ2v) is 5.66. The third-order valence-electron chi connectivity index (χ3n) is 3.27. The fraction of sp³-hybridized carbons (Fsp3) is 0.235. The zero-order chi connectivity index (χ0) is 16.1.